The van der Waals surface area contributed by atoms with Crippen LogP contribution in [0.25, 0.3) is 0 Å². The van der Waals surface area contributed by atoms with E-state index in [1.54, 1.807) is 0 Å². The highest BCUT2D eigenvalue weighted by atomic mass is 31.2. The molecule has 2 heterocycles. The number of phosphoric acid groups is 1. The van der Waals surface area contributed by atoms with Gasteiger partial charge in [-0.15, -0.1) is 0 Å². The molecule has 0 bridgehead atoms. The molecule has 2 rings (SSSR count). The van der Waals surface area contributed by atoms with Gasteiger partial charge >= 0.3 is 17.6 Å². The van der Waals surface area contributed by atoms with Crippen LogP contribution in [0.2, 0.25) is 0 Å². The molecule has 4 N–H and O–H groups in total. The SMILES string of the molecule is CCCCCCCCCCCCCCCC(=O)OC[C@@H](COP(=O)([O-])OC[C@H]1O[C@@H](n2cc(F)c(N)nc2=O)[C@H](O)[C@@H]1O)OC(=O)CCCCCCCCCCCCCCC. The molecule has 1 aliphatic heterocycles. The van der Waals surface area contributed by atoms with E-state index < -0.39 is 87.6 Å². The summed E-state index contributed by atoms with van der Waals surface area (Å²) in [4.78, 5) is 53.6. The molecule has 0 spiro atoms. The van der Waals surface area contributed by atoms with Crippen molar-refractivity contribution in [1.82, 2.24) is 9.55 Å². The van der Waals surface area contributed by atoms with Gasteiger partial charge in [-0.3, -0.25) is 18.7 Å². The fraction of sp³-hybridized carbons (Fsp3) is 0.864. The van der Waals surface area contributed by atoms with Crippen molar-refractivity contribution in [2.45, 2.75) is 224 Å². The minimum Gasteiger partial charge on any atom is -0.756 e. The summed E-state index contributed by atoms with van der Waals surface area (Å²) in [5.74, 6) is -2.84. The molecule has 17 heteroatoms. The molecule has 0 aromatic carbocycles. The zero-order chi connectivity index (χ0) is 44.7. The molecular weight excluding hydrogens is 812 g/mol. The van der Waals surface area contributed by atoms with Crippen LogP contribution in [0.15, 0.2) is 11.0 Å². The molecule has 15 nitrogen and oxygen atoms in total. The predicted octanol–water partition coefficient (Wildman–Crippen LogP) is 8.50. The third-order valence-electron chi connectivity index (χ3n) is 11.1. The Kier molecular flexibility index (Phi) is 29.7. The number of aromatic nitrogens is 2. The zero-order valence-electron chi connectivity index (χ0n) is 37.2. The van der Waals surface area contributed by atoms with Gasteiger partial charge in [0.1, 0.15) is 24.9 Å². The van der Waals surface area contributed by atoms with Gasteiger partial charge < -0.3 is 44.1 Å². The number of hydrogen-bond donors (Lipinski definition) is 3. The molecule has 354 valence electrons. The van der Waals surface area contributed by atoms with E-state index in [1.807, 2.05) is 0 Å². The average Bonchev–Trinajstić information content (AvgIpc) is 3.51. The Hall–Kier alpha value is -2.46. The third-order valence-corrected chi connectivity index (χ3v) is 12.0. The number of unbranched alkanes of at least 4 members (excludes halogenated alkanes) is 24. The van der Waals surface area contributed by atoms with Gasteiger partial charge in [0.05, 0.1) is 19.4 Å². The maximum absolute atomic E-state index is 14.0. The van der Waals surface area contributed by atoms with E-state index in [4.69, 9.17) is 29.0 Å². The summed E-state index contributed by atoms with van der Waals surface area (Å²) in [5, 5.41) is 20.9. The molecular formula is C44H78FN3O12P-. The summed E-state index contributed by atoms with van der Waals surface area (Å²) in [5.41, 5.74) is 4.23. The van der Waals surface area contributed by atoms with Crippen molar-refractivity contribution < 1.29 is 56.9 Å². The number of phosphoric ester groups is 1. The van der Waals surface area contributed by atoms with Crippen molar-refractivity contribution in [3.05, 3.63) is 22.5 Å². The summed E-state index contributed by atoms with van der Waals surface area (Å²) in [7, 11) is -5.16. The number of esters is 2. The van der Waals surface area contributed by atoms with Crippen LogP contribution >= 0.6 is 7.82 Å². The second-order valence-electron chi connectivity index (χ2n) is 16.5. The lowest BCUT2D eigenvalue weighted by Gasteiger charge is -2.27. The Balaban J connectivity index is 1.79. The number of carbonyl (C=O) groups is 2. The summed E-state index contributed by atoms with van der Waals surface area (Å²) >= 11 is 0. The van der Waals surface area contributed by atoms with Gasteiger partial charge in [-0.25, -0.2) is 9.18 Å². The van der Waals surface area contributed by atoms with Gasteiger partial charge in [-0.1, -0.05) is 168 Å². The van der Waals surface area contributed by atoms with E-state index in [2.05, 4.69) is 18.8 Å². The van der Waals surface area contributed by atoms with Gasteiger partial charge in [-0.05, 0) is 12.8 Å². The minimum atomic E-state index is -5.16. The number of rotatable bonds is 38. The standard InChI is InChI=1S/C44H79FN3O12P/c1-3-5-7-9-11-13-15-17-19-21-23-25-27-29-38(49)56-32-35(59-39(50)30-28-26-24-22-20-18-16-14-12-10-8-6-4-2)33-57-61(54,55)58-34-37-40(51)41(52)43(60-37)48-31-36(45)42(46)47-44(48)53/h31,35,37,40-41,43,51-52H,3-30,32-34H2,1-2H3,(H,54,55)(H2,46,47,53)/p-1/t35-,37+,40+,41+,43+/m0/s1. The number of anilines is 1. The lowest BCUT2D eigenvalue weighted by molar-refractivity contribution is -0.231. The van der Waals surface area contributed by atoms with Crippen LogP contribution in [0.3, 0.4) is 0 Å². The molecule has 61 heavy (non-hydrogen) atoms. The predicted molar refractivity (Wildman–Crippen MR) is 230 cm³/mol. The van der Waals surface area contributed by atoms with Crippen molar-refractivity contribution in [3.63, 3.8) is 0 Å². The minimum absolute atomic E-state index is 0.101. The first-order valence-corrected chi connectivity index (χ1v) is 24.9. The first-order valence-electron chi connectivity index (χ1n) is 23.4. The monoisotopic (exact) mass is 891 g/mol. The maximum atomic E-state index is 14.0. The summed E-state index contributed by atoms with van der Waals surface area (Å²) in [6.45, 7) is 2.44. The summed E-state index contributed by atoms with van der Waals surface area (Å²) < 4.78 is 53.5. The molecule has 1 saturated heterocycles. The van der Waals surface area contributed by atoms with Crippen LogP contribution in [0.5, 0.6) is 0 Å². The third kappa shape index (κ3) is 24.8. The average molecular weight is 891 g/mol. The highest BCUT2D eigenvalue weighted by molar-refractivity contribution is 7.45. The van der Waals surface area contributed by atoms with Crippen molar-refractivity contribution in [2.75, 3.05) is 25.6 Å². The van der Waals surface area contributed by atoms with Gasteiger partial charge in [0, 0.05) is 12.8 Å². The Bertz CT molecular complexity index is 1440. The zero-order valence-corrected chi connectivity index (χ0v) is 38.1. The number of hydrogen-bond acceptors (Lipinski definition) is 14. The van der Waals surface area contributed by atoms with Gasteiger partial charge in [0.15, 0.2) is 24.0 Å². The molecule has 1 aliphatic rings. The van der Waals surface area contributed by atoms with E-state index in [0.29, 0.717) is 23.6 Å². The Morgan fingerprint density at radius 3 is 1.67 bits per heavy atom. The van der Waals surface area contributed by atoms with E-state index in [9.17, 15) is 38.4 Å². The van der Waals surface area contributed by atoms with Crippen LogP contribution in [-0.4, -0.2) is 75.9 Å². The maximum Gasteiger partial charge on any atom is 0.351 e. The van der Waals surface area contributed by atoms with Crippen LogP contribution in [0.4, 0.5) is 10.2 Å². The topological polar surface area (TPSA) is 222 Å². The molecule has 1 aromatic rings. The van der Waals surface area contributed by atoms with Crippen LogP contribution in [-0.2, 0) is 37.4 Å². The van der Waals surface area contributed by atoms with Crippen molar-refractivity contribution in [2.24, 2.45) is 0 Å². The van der Waals surface area contributed by atoms with Crippen LogP contribution in [0, 0.1) is 5.82 Å². The molecule has 0 amide bonds. The number of carbonyl (C=O) groups excluding carboxylic acids is 2. The summed E-state index contributed by atoms with van der Waals surface area (Å²) in [6.07, 6.45) is 23.1. The van der Waals surface area contributed by atoms with Crippen molar-refractivity contribution in [3.8, 4) is 0 Å². The lowest BCUT2D eigenvalue weighted by Crippen LogP contribution is -2.36. The Morgan fingerprint density at radius 2 is 1.20 bits per heavy atom. The fourth-order valence-electron chi connectivity index (χ4n) is 7.31. The Morgan fingerprint density at radius 1 is 0.754 bits per heavy atom. The molecule has 1 fully saturated rings. The number of aliphatic hydroxyl groups is 2. The molecule has 6 atom stereocenters. The van der Waals surface area contributed by atoms with Gasteiger partial charge in [0.2, 0.25) is 0 Å². The van der Waals surface area contributed by atoms with E-state index >= 15 is 0 Å². The molecule has 1 aromatic heterocycles. The van der Waals surface area contributed by atoms with Gasteiger partial charge in [0.25, 0.3) is 7.82 Å². The summed E-state index contributed by atoms with van der Waals surface area (Å²) in [6, 6.07) is 0. The largest absolute Gasteiger partial charge is 0.756 e. The highest BCUT2D eigenvalue weighted by Crippen LogP contribution is 2.40. The second kappa shape index (κ2) is 33.1. The second-order valence-corrected chi connectivity index (χ2v) is 17.9. The van der Waals surface area contributed by atoms with Crippen LogP contribution in [0.1, 0.15) is 200 Å². The molecule has 0 saturated carbocycles. The number of nitrogen functional groups attached to an aromatic ring is 1. The van der Waals surface area contributed by atoms with E-state index in [0.717, 1.165) is 44.9 Å². The van der Waals surface area contributed by atoms with Crippen molar-refractivity contribution >= 4 is 25.6 Å². The molecule has 0 radical (unpaired) electrons. The normalized spacial score (nSPS) is 19.2. The molecule has 0 aliphatic carbocycles. The number of nitrogens with two attached hydrogens (primary N) is 1. The lowest BCUT2D eigenvalue weighted by atomic mass is 10.0. The van der Waals surface area contributed by atoms with E-state index in [1.165, 1.54) is 109 Å². The van der Waals surface area contributed by atoms with E-state index in [-0.39, 0.29) is 12.8 Å². The first-order chi connectivity index (χ1) is 29.4. The number of ether oxygens (including phenoxy) is 3. The number of aliphatic hydroxyl groups excluding tert-OH is 2. The van der Waals surface area contributed by atoms with Crippen molar-refractivity contribution in [1.29, 1.82) is 0 Å². The quantitative estimate of drug-likeness (QED) is 0.0322. The number of halogens is 1. The molecule has 1 unspecified atom stereocenters. The first kappa shape index (κ1) is 54.7. The Labute approximate surface area is 363 Å². The smallest absolute Gasteiger partial charge is 0.351 e. The van der Waals surface area contributed by atoms with Crippen LogP contribution < -0.4 is 16.3 Å². The highest BCUT2D eigenvalue weighted by Gasteiger charge is 2.45. The van der Waals surface area contributed by atoms with Gasteiger partial charge in [-0.2, -0.15) is 4.98 Å². The number of nitrogens with zero attached hydrogens (tertiary/aromatic N) is 2. The fourth-order valence-corrected chi connectivity index (χ4v) is 8.06.